The lowest BCUT2D eigenvalue weighted by atomic mass is 9.81. The highest BCUT2D eigenvalue weighted by Crippen LogP contribution is 2.43. The normalized spacial score (nSPS) is 18.5. The molecule has 1 saturated heterocycles. The Kier molecular flexibility index (Phi) is 6.16. The highest BCUT2D eigenvalue weighted by atomic mass is 32.1. The molecule has 4 rings (SSSR count). The lowest BCUT2D eigenvalue weighted by molar-refractivity contribution is 0.0727. The van der Waals surface area contributed by atoms with Gasteiger partial charge in [0.05, 0.1) is 12.1 Å². The van der Waals surface area contributed by atoms with E-state index in [1.807, 2.05) is 36.2 Å². The van der Waals surface area contributed by atoms with Crippen LogP contribution < -0.4 is 10.9 Å². The molecule has 2 aliphatic heterocycles. The zero-order valence-electron chi connectivity index (χ0n) is 18.6. The van der Waals surface area contributed by atoms with Gasteiger partial charge < -0.3 is 15.2 Å². The Morgan fingerprint density at radius 1 is 1.20 bits per heavy atom. The summed E-state index contributed by atoms with van der Waals surface area (Å²) in [7, 11) is 0. The van der Waals surface area contributed by atoms with Crippen molar-refractivity contribution >= 4 is 17.2 Å². The van der Waals surface area contributed by atoms with E-state index in [-0.39, 0.29) is 11.5 Å². The lowest BCUT2D eigenvalue weighted by Gasteiger charge is -2.30. The van der Waals surface area contributed by atoms with Crippen molar-refractivity contribution in [3.63, 3.8) is 0 Å². The number of fused-ring (bicyclic) bond motifs is 1. The summed E-state index contributed by atoms with van der Waals surface area (Å²) in [5, 5.41) is 3.47. The molecule has 0 unspecified atom stereocenters. The van der Waals surface area contributed by atoms with Crippen LogP contribution in [-0.2, 0) is 13.0 Å². The van der Waals surface area contributed by atoms with Crippen molar-refractivity contribution in [2.24, 2.45) is 5.92 Å². The second-order valence-corrected chi connectivity index (χ2v) is 10.0. The molecule has 30 heavy (non-hydrogen) atoms. The molecule has 0 aliphatic carbocycles. The van der Waals surface area contributed by atoms with Gasteiger partial charge in [0.2, 0.25) is 0 Å². The third-order valence-electron chi connectivity index (χ3n) is 6.94. The van der Waals surface area contributed by atoms with Crippen LogP contribution in [0.1, 0.15) is 74.6 Å². The number of thiophene rings is 1. The van der Waals surface area contributed by atoms with E-state index in [4.69, 9.17) is 0 Å². The van der Waals surface area contributed by atoms with Crippen molar-refractivity contribution < 1.29 is 4.79 Å². The minimum Gasteiger partial charge on any atom is -0.334 e. The van der Waals surface area contributed by atoms with Crippen molar-refractivity contribution in [2.75, 3.05) is 19.6 Å². The first-order valence-corrected chi connectivity index (χ1v) is 12.0. The van der Waals surface area contributed by atoms with Crippen LogP contribution in [0.4, 0.5) is 0 Å². The van der Waals surface area contributed by atoms with E-state index in [2.05, 4.69) is 24.1 Å². The Hall–Kier alpha value is -1.92. The molecular weight excluding hydrogens is 394 g/mol. The van der Waals surface area contributed by atoms with Gasteiger partial charge in [-0.05, 0) is 82.2 Å². The Morgan fingerprint density at radius 2 is 1.93 bits per heavy atom. The predicted molar refractivity (Wildman–Crippen MR) is 123 cm³/mol. The van der Waals surface area contributed by atoms with E-state index in [0.717, 1.165) is 42.8 Å². The standard InChI is InChI=1S/C24H33N3O2S/c1-5-18(17-6-9-25-10-7-17)22-16(4)21-20(30-22)8-11-27(24(21)29)13-19-14(2)12-15(3)26-23(19)28/h12,17-18,25H,5-11,13H2,1-4H3,(H,26,28)/t18-/m1/s1. The third-order valence-corrected chi connectivity index (χ3v) is 8.42. The first kappa shape index (κ1) is 21.3. The fourth-order valence-electron chi connectivity index (χ4n) is 5.30. The van der Waals surface area contributed by atoms with Crippen LogP contribution >= 0.6 is 11.3 Å². The number of hydrogen-bond acceptors (Lipinski definition) is 4. The number of rotatable bonds is 5. The van der Waals surface area contributed by atoms with E-state index in [1.165, 1.54) is 28.2 Å². The summed E-state index contributed by atoms with van der Waals surface area (Å²) in [6, 6.07) is 1.98. The molecule has 1 fully saturated rings. The second kappa shape index (κ2) is 8.67. The van der Waals surface area contributed by atoms with Crippen LogP contribution in [0, 0.1) is 26.7 Å². The van der Waals surface area contributed by atoms with E-state index < -0.39 is 0 Å². The number of carbonyl (C=O) groups is 1. The molecule has 4 heterocycles. The topological polar surface area (TPSA) is 65.2 Å². The molecule has 1 amide bonds. The SMILES string of the molecule is CC[C@@H](c1sc2c(c1C)C(=O)N(Cc1c(C)cc(C)[nH]c1=O)CC2)C1CCNCC1. The number of H-pyrrole nitrogens is 1. The molecule has 2 aromatic heterocycles. The largest absolute Gasteiger partial charge is 0.334 e. The Morgan fingerprint density at radius 3 is 2.60 bits per heavy atom. The van der Waals surface area contributed by atoms with Gasteiger partial charge >= 0.3 is 0 Å². The predicted octanol–water partition coefficient (Wildman–Crippen LogP) is 4.05. The summed E-state index contributed by atoms with van der Waals surface area (Å²) < 4.78 is 0. The molecule has 5 nitrogen and oxygen atoms in total. The van der Waals surface area contributed by atoms with Gasteiger partial charge in [-0.3, -0.25) is 9.59 Å². The maximum Gasteiger partial charge on any atom is 0.255 e. The number of hydrogen-bond donors (Lipinski definition) is 2. The van der Waals surface area contributed by atoms with Gasteiger partial charge in [-0.1, -0.05) is 6.92 Å². The van der Waals surface area contributed by atoms with Crippen LogP contribution in [0.5, 0.6) is 0 Å². The van der Waals surface area contributed by atoms with E-state index in [1.54, 1.807) is 0 Å². The highest BCUT2D eigenvalue weighted by Gasteiger charge is 2.34. The summed E-state index contributed by atoms with van der Waals surface area (Å²) >= 11 is 1.87. The number of aryl methyl sites for hydroxylation is 2. The smallest absolute Gasteiger partial charge is 0.255 e. The minimum atomic E-state index is -0.0780. The van der Waals surface area contributed by atoms with Crippen molar-refractivity contribution in [2.45, 2.75) is 65.8 Å². The van der Waals surface area contributed by atoms with Crippen molar-refractivity contribution in [3.8, 4) is 0 Å². The maximum absolute atomic E-state index is 13.4. The van der Waals surface area contributed by atoms with Crippen LogP contribution in [0.15, 0.2) is 10.9 Å². The molecule has 2 aromatic rings. The lowest BCUT2D eigenvalue weighted by Crippen LogP contribution is -2.38. The average molecular weight is 428 g/mol. The first-order chi connectivity index (χ1) is 14.4. The molecule has 2 aliphatic rings. The van der Waals surface area contributed by atoms with Gasteiger partial charge in [-0.2, -0.15) is 0 Å². The number of carbonyl (C=O) groups excluding carboxylic acids is 1. The van der Waals surface area contributed by atoms with Crippen LogP contribution in [0.25, 0.3) is 0 Å². The number of nitrogens with one attached hydrogen (secondary N) is 2. The number of aromatic nitrogens is 1. The maximum atomic E-state index is 13.4. The molecule has 162 valence electrons. The first-order valence-electron chi connectivity index (χ1n) is 11.2. The average Bonchev–Trinajstić information content (AvgIpc) is 3.05. The summed E-state index contributed by atoms with van der Waals surface area (Å²) in [4.78, 5) is 33.3. The van der Waals surface area contributed by atoms with Gasteiger partial charge in [0.15, 0.2) is 0 Å². The van der Waals surface area contributed by atoms with Crippen LogP contribution in [0.3, 0.4) is 0 Å². The zero-order chi connectivity index (χ0) is 21.4. The second-order valence-electron chi connectivity index (χ2n) is 8.91. The minimum absolute atomic E-state index is 0.0780. The van der Waals surface area contributed by atoms with E-state index in [0.29, 0.717) is 30.5 Å². The van der Waals surface area contributed by atoms with Gasteiger partial charge in [0.25, 0.3) is 11.5 Å². The molecule has 2 N–H and O–H groups in total. The van der Waals surface area contributed by atoms with Gasteiger partial charge in [-0.25, -0.2) is 0 Å². The van der Waals surface area contributed by atoms with Crippen LogP contribution in [0.2, 0.25) is 0 Å². The van der Waals surface area contributed by atoms with Crippen LogP contribution in [-0.4, -0.2) is 35.4 Å². The Balaban J connectivity index is 1.61. The number of piperidine rings is 1. The van der Waals surface area contributed by atoms with Crippen molar-refractivity contribution in [3.05, 3.63) is 54.1 Å². The number of nitrogens with zero attached hydrogens (tertiary/aromatic N) is 1. The summed E-state index contributed by atoms with van der Waals surface area (Å²) in [5.41, 5.74) is 4.53. The third kappa shape index (κ3) is 3.87. The molecular formula is C24H33N3O2S. The van der Waals surface area contributed by atoms with Crippen molar-refractivity contribution in [1.82, 2.24) is 15.2 Å². The number of aromatic amines is 1. The number of amides is 1. The highest BCUT2D eigenvalue weighted by molar-refractivity contribution is 7.12. The Labute approximate surface area is 182 Å². The zero-order valence-corrected chi connectivity index (χ0v) is 19.4. The van der Waals surface area contributed by atoms with E-state index >= 15 is 0 Å². The fraction of sp³-hybridized carbons (Fsp3) is 0.583. The molecule has 0 radical (unpaired) electrons. The summed E-state index contributed by atoms with van der Waals surface area (Å²) in [6.07, 6.45) is 4.45. The molecule has 1 atom stereocenters. The molecule has 6 heteroatoms. The summed E-state index contributed by atoms with van der Waals surface area (Å²) in [6.45, 7) is 11.5. The quantitative estimate of drug-likeness (QED) is 0.756. The van der Waals surface area contributed by atoms with Crippen molar-refractivity contribution in [1.29, 1.82) is 0 Å². The Bertz CT molecular complexity index is 1000. The van der Waals surface area contributed by atoms with E-state index in [9.17, 15) is 9.59 Å². The van der Waals surface area contributed by atoms with Gasteiger partial charge in [-0.15, -0.1) is 11.3 Å². The molecule has 0 bridgehead atoms. The monoisotopic (exact) mass is 427 g/mol. The number of pyridine rings is 1. The molecule has 0 saturated carbocycles. The van der Waals surface area contributed by atoms with Gasteiger partial charge in [0.1, 0.15) is 0 Å². The molecule has 0 aromatic carbocycles. The molecule has 0 spiro atoms. The van der Waals surface area contributed by atoms with Gasteiger partial charge in [0, 0.05) is 34.0 Å². The summed E-state index contributed by atoms with van der Waals surface area (Å²) in [5.74, 6) is 1.34. The fourth-order valence-corrected chi connectivity index (χ4v) is 6.86.